The number of ether oxygens (including phenoxy) is 1. The maximum absolute atomic E-state index is 13.1. The Labute approximate surface area is 231 Å². The van der Waals surface area contributed by atoms with Crippen LogP contribution in [-0.4, -0.2) is 30.3 Å². The van der Waals surface area contributed by atoms with E-state index in [0.29, 0.717) is 33.5 Å². The van der Waals surface area contributed by atoms with Crippen molar-refractivity contribution in [2.24, 2.45) is 0 Å². The number of benzene rings is 3. The average Bonchev–Trinajstić information content (AvgIpc) is 3.12. The third-order valence-corrected chi connectivity index (χ3v) is 6.08. The number of rotatable bonds is 8. The molecule has 1 heterocycles. The van der Waals surface area contributed by atoms with Crippen LogP contribution in [0.5, 0.6) is 0 Å². The molecule has 12 heteroatoms. The van der Waals surface area contributed by atoms with Crippen LogP contribution in [0.3, 0.4) is 0 Å². The predicted molar refractivity (Wildman–Crippen MR) is 142 cm³/mol. The number of esters is 1. The average molecular weight is 572 g/mol. The lowest BCUT2D eigenvalue weighted by Gasteiger charge is -2.17. The van der Waals surface area contributed by atoms with Crippen molar-refractivity contribution >= 4 is 52.4 Å². The number of amides is 3. The van der Waals surface area contributed by atoms with Gasteiger partial charge in [0.2, 0.25) is 5.91 Å². The first-order valence-corrected chi connectivity index (χ1v) is 12.2. The Balaban J connectivity index is 1.39. The lowest BCUT2D eigenvalue weighted by molar-refractivity contribution is -0.137. The van der Waals surface area contributed by atoms with Gasteiger partial charge in [0.15, 0.2) is 0 Å². The van der Waals surface area contributed by atoms with E-state index >= 15 is 0 Å². The molecule has 0 bridgehead atoms. The van der Waals surface area contributed by atoms with E-state index in [2.05, 4.69) is 10.6 Å². The Morgan fingerprint density at radius 1 is 0.925 bits per heavy atom. The zero-order valence-electron chi connectivity index (χ0n) is 20.8. The van der Waals surface area contributed by atoms with E-state index in [1.54, 1.807) is 43.3 Å². The van der Waals surface area contributed by atoms with Crippen molar-refractivity contribution in [3.05, 3.63) is 100 Å². The molecule has 3 aromatic rings. The standard InChI is InChI=1S/C28H21ClF3N3O5/c1-2-40-27(39)17-8-12-19(13-9-17)33-22(36)14-16-6-10-20(11-7-16)34-24-23(29)25(37)35(26(24)38)21-5-3-4-18(15-21)28(30,31)32/h3-13,15,34H,2,14H2,1H3,(H,33,36). The summed E-state index contributed by atoms with van der Waals surface area (Å²) in [5.41, 5.74) is 0.268. The van der Waals surface area contributed by atoms with Gasteiger partial charge in [-0.3, -0.25) is 14.4 Å². The molecule has 0 unspecified atom stereocenters. The third-order valence-electron chi connectivity index (χ3n) is 5.73. The molecular weight excluding hydrogens is 551 g/mol. The van der Waals surface area contributed by atoms with Gasteiger partial charge in [0.25, 0.3) is 11.8 Å². The van der Waals surface area contributed by atoms with Gasteiger partial charge in [0.05, 0.1) is 29.8 Å². The number of carbonyl (C=O) groups is 4. The van der Waals surface area contributed by atoms with E-state index < -0.39 is 34.6 Å². The second-order valence-electron chi connectivity index (χ2n) is 8.53. The quantitative estimate of drug-likeness (QED) is 0.273. The van der Waals surface area contributed by atoms with Gasteiger partial charge in [-0.2, -0.15) is 13.2 Å². The fourth-order valence-corrected chi connectivity index (χ4v) is 4.02. The molecule has 40 heavy (non-hydrogen) atoms. The van der Waals surface area contributed by atoms with E-state index in [-0.39, 0.29) is 30.3 Å². The Morgan fingerprint density at radius 2 is 1.57 bits per heavy atom. The molecule has 4 rings (SSSR count). The Bertz CT molecular complexity index is 1500. The second kappa shape index (κ2) is 11.6. The third kappa shape index (κ3) is 6.32. The van der Waals surface area contributed by atoms with Crippen LogP contribution >= 0.6 is 11.6 Å². The maximum Gasteiger partial charge on any atom is 0.416 e. The highest BCUT2D eigenvalue weighted by Gasteiger charge is 2.40. The first-order valence-electron chi connectivity index (χ1n) is 11.9. The number of carbonyl (C=O) groups excluding carboxylic acids is 4. The molecule has 2 N–H and O–H groups in total. The molecule has 3 amide bonds. The fraction of sp³-hybridized carbons (Fsp3) is 0.143. The van der Waals surface area contributed by atoms with E-state index in [0.717, 1.165) is 12.1 Å². The Morgan fingerprint density at radius 3 is 2.20 bits per heavy atom. The van der Waals surface area contributed by atoms with Crippen LogP contribution in [0, 0.1) is 0 Å². The molecule has 1 aliphatic rings. The molecule has 0 aromatic heterocycles. The molecule has 3 aromatic carbocycles. The minimum absolute atomic E-state index is 0.0180. The van der Waals surface area contributed by atoms with Crippen LogP contribution in [0.2, 0.25) is 0 Å². The summed E-state index contributed by atoms with van der Waals surface area (Å²) < 4.78 is 44.2. The number of hydrogen-bond donors (Lipinski definition) is 2. The summed E-state index contributed by atoms with van der Waals surface area (Å²) in [5.74, 6) is -2.65. The fourth-order valence-electron chi connectivity index (χ4n) is 3.81. The first kappa shape index (κ1) is 28.4. The van der Waals surface area contributed by atoms with Gasteiger partial charge in [-0.1, -0.05) is 29.8 Å². The second-order valence-corrected chi connectivity index (χ2v) is 8.91. The van der Waals surface area contributed by atoms with Crippen LogP contribution in [0.15, 0.2) is 83.5 Å². The van der Waals surface area contributed by atoms with Gasteiger partial charge < -0.3 is 15.4 Å². The number of halogens is 4. The summed E-state index contributed by atoms with van der Waals surface area (Å²) in [6.07, 6.45) is -4.64. The molecule has 206 valence electrons. The Hall–Kier alpha value is -4.64. The number of anilines is 3. The van der Waals surface area contributed by atoms with Crippen molar-refractivity contribution in [3.63, 3.8) is 0 Å². The summed E-state index contributed by atoms with van der Waals surface area (Å²) >= 11 is 6.07. The minimum atomic E-state index is -4.66. The smallest absolute Gasteiger partial charge is 0.416 e. The Kier molecular flexibility index (Phi) is 8.24. The molecule has 8 nitrogen and oxygen atoms in total. The summed E-state index contributed by atoms with van der Waals surface area (Å²) in [4.78, 5) is 50.3. The summed E-state index contributed by atoms with van der Waals surface area (Å²) in [7, 11) is 0. The number of alkyl halides is 3. The topological polar surface area (TPSA) is 105 Å². The highest BCUT2D eigenvalue weighted by atomic mass is 35.5. The highest BCUT2D eigenvalue weighted by molar-refractivity contribution is 6.53. The van der Waals surface area contributed by atoms with E-state index in [1.165, 1.54) is 18.2 Å². The normalized spacial score (nSPS) is 13.5. The van der Waals surface area contributed by atoms with Crippen LogP contribution in [-0.2, 0) is 31.7 Å². The van der Waals surface area contributed by atoms with Crippen LogP contribution in [0.4, 0.5) is 30.2 Å². The molecule has 0 spiro atoms. The molecule has 0 aliphatic carbocycles. The van der Waals surface area contributed by atoms with Gasteiger partial charge in [-0.05, 0) is 67.1 Å². The maximum atomic E-state index is 13.1. The van der Waals surface area contributed by atoms with Crippen molar-refractivity contribution in [1.29, 1.82) is 0 Å². The molecule has 0 atom stereocenters. The summed E-state index contributed by atoms with van der Waals surface area (Å²) in [6, 6.07) is 16.4. The molecule has 0 saturated carbocycles. The molecule has 0 saturated heterocycles. The number of hydrogen-bond acceptors (Lipinski definition) is 6. The number of nitrogens with one attached hydrogen (secondary N) is 2. The van der Waals surface area contributed by atoms with Gasteiger partial charge in [-0.15, -0.1) is 0 Å². The first-order chi connectivity index (χ1) is 19.0. The predicted octanol–water partition coefficient (Wildman–Crippen LogP) is 5.50. The van der Waals surface area contributed by atoms with Crippen LogP contribution < -0.4 is 15.5 Å². The lowest BCUT2D eigenvalue weighted by atomic mass is 10.1. The van der Waals surface area contributed by atoms with E-state index in [1.807, 2.05) is 0 Å². The van der Waals surface area contributed by atoms with Gasteiger partial charge >= 0.3 is 12.1 Å². The van der Waals surface area contributed by atoms with Crippen molar-refractivity contribution in [3.8, 4) is 0 Å². The molecule has 0 radical (unpaired) electrons. The zero-order valence-corrected chi connectivity index (χ0v) is 21.6. The van der Waals surface area contributed by atoms with E-state index in [9.17, 15) is 32.3 Å². The monoisotopic (exact) mass is 571 g/mol. The number of imide groups is 1. The summed E-state index contributed by atoms with van der Waals surface area (Å²) in [6.45, 7) is 1.96. The van der Waals surface area contributed by atoms with E-state index in [4.69, 9.17) is 16.3 Å². The van der Waals surface area contributed by atoms with Gasteiger partial charge in [-0.25, -0.2) is 9.69 Å². The lowest BCUT2D eigenvalue weighted by Crippen LogP contribution is -2.32. The molecule has 0 fully saturated rings. The minimum Gasteiger partial charge on any atom is -0.462 e. The van der Waals surface area contributed by atoms with Gasteiger partial charge in [0.1, 0.15) is 10.7 Å². The number of nitrogens with zero attached hydrogens (tertiary/aromatic N) is 1. The van der Waals surface area contributed by atoms with Crippen molar-refractivity contribution < 1.29 is 37.1 Å². The van der Waals surface area contributed by atoms with Crippen molar-refractivity contribution in [1.82, 2.24) is 0 Å². The largest absolute Gasteiger partial charge is 0.462 e. The van der Waals surface area contributed by atoms with Gasteiger partial charge in [0, 0.05) is 11.4 Å². The molecule has 1 aliphatic heterocycles. The van der Waals surface area contributed by atoms with Crippen LogP contribution in [0.1, 0.15) is 28.4 Å². The SMILES string of the molecule is CCOC(=O)c1ccc(NC(=O)Cc2ccc(NC3=C(Cl)C(=O)N(c4cccc(C(F)(F)F)c4)C3=O)cc2)cc1. The zero-order chi connectivity index (χ0) is 29.0. The highest BCUT2D eigenvalue weighted by Crippen LogP contribution is 2.35. The van der Waals surface area contributed by atoms with Crippen LogP contribution in [0.25, 0.3) is 0 Å². The van der Waals surface area contributed by atoms with Crippen molar-refractivity contribution in [2.75, 3.05) is 22.1 Å². The van der Waals surface area contributed by atoms with Crippen molar-refractivity contribution in [2.45, 2.75) is 19.5 Å². The summed E-state index contributed by atoms with van der Waals surface area (Å²) in [5, 5.41) is 4.98. The molecular formula is C28H21ClF3N3O5.